The van der Waals surface area contributed by atoms with E-state index in [1.54, 1.807) is 0 Å². The fourth-order valence-corrected chi connectivity index (χ4v) is 2.37. The highest BCUT2D eigenvalue weighted by molar-refractivity contribution is 8.00. The van der Waals surface area contributed by atoms with Gasteiger partial charge in [0.05, 0.1) is 5.75 Å². The maximum atomic E-state index is 11.5. The van der Waals surface area contributed by atoms with E-state index >= 15 is 0 Å². The SMILES string of the molecule is N[C@H](CSCC(=O)NCCCc1ccccc1)C(=O)O. The summed E-state index contributed by atoms with van der Waals surface area (Å²) in [7, 11) is 0. The first-order valence-corrected chi connectivity index (χ1v) is 7.62. The van der Waals surface area contributed by atoms with E-state index < -0.39 is 12.0 Å². The number of thioether (sulfide) groups is 1. The summed E-state index contributed by atoms with van der Waals surface area (Å²) < 4.78 is 0. The van der Waals surface area contributed by atoms with Crippen LogP contribution in [0.5, 0.6) is 0 Å². The van der Waals surface area contributed by atoms with Crippen LogP contribution >= 0.6 is 11.8 Å². The molecular formula is C14H20N2O3S. The molecular weight excluding hydrogens is 276 g/mol. The summed E-state index contributed by atoms with van der Waals surface area (Å²) in [4.78, 5) is 22.0. The number of aliphatic carboxylic acids is 1. The van der Waals surface area contributed by atoms with Crippen molar-refractivity contribution in [2.75, 3.05) is 18.1 Å². The topological polar surface area (TPSA) is 92.4 Å². The lowest BCUT2D eigenvalue weighted by Crippen LogP contribution is -2.33. The molecule has 1 aromatic rings. The van der Waals surface area contributed by atoms with Crippen LogP contribution in [0.1, 0.15) is 12.0 Å². The summed E-state index contributed by atoms with van der Waals surface area (Å²) in [5.74, 6) is -0.638. The van der Waals surface area contributed by atoms with Crippen molar-refractivity contribution < 1.29 is 14.7 Å². The van der Waals surface area contributed by atoms with Gasteiger partial charge in [-0.15, -0.1) is 11.8 Å². The maximum absolute atomic E-state index is 11.5. The average Bonchev–Trinajstić information content (AvgIpc) is 2.44. The Balaban J connectivity index is 2.04. The van der Waals surface area contributed by atoms with Crippen LogP contribution in [-0.4, -0.2) is 41.1 Å². The molecule has 0 aliphatic heterocycles. The number of hydrogen-bond acceptors (Lipinski definition) is 4. The summed E-state index contributed by atoms with van der Waals surface area (Å²) >= 11 is 1.23. The van der Waals surface area contributed by atoms with E-state index in [9.17, 15) is 9.59 Å². The standard InChI is InChI=1S/C14H20N2O3S/c15-12(14(18)19)9-20-10-13(17)16-8-4-7-11-5-2-1-3-6-11/h1-3,5-6,12H,4,7-10,15H2,(H,16,17)(H,18,19)/t12-/m1/s1. The number of nitrogens with one attached hydrogen (secondary N) is 1. The fraction of sp³-hybridized carbons (Fsp3) is 0.429. The third-order valence-corrected chi connectivity index (χ3v) is 3.72. The zero-order chi connectivity index (χ0) is 14.8. The maximum Gasteiger partial charge on any atom is 0.321 e. The highest BCUT2D eigenvalue weighted by Gasteiger charge is 2.11. The summed E-state index contributed by atoms with van der Waals surface area (Å²) in [6.07, 6.45) is 1.81. The number of nitrogens with two attached hydrogens (primary N) is 1. The summed E-state index contributed by atoms with van der Waals surface area (Å²) in [6.45, 7) is 0.624. The van der Waals surface area contributed by atoms with E-state index in [1.165, 1.54) is 17.3 Å². The molecule has 0 spiro atoms. The van der Waals surface area contributed by atoms with Gasteiger partial charge in [-0.05, 0) is 18.4 Å². The van der Waals surface area contributed by atoms with Crippen LogP contribution in [-0.2, 0) is 16.0 Å². The quantitative estimate of drug-likeness (QED) is 0.588. The number of carboxylic acids is 1. The molecule has 0 unspecified atom stereocenters. The number of carbonyl (C=O) groups is 2. The molecule has 0 radical (unpaired) electrons. The number of aryl methyl sites for hydroxylation is 1. The molecule has 0 aliphatic carbocycles. The number of carboxylic acid groups (broad SMARTS) is 1. The van der Waals surface area contributed by atoms with Gasteiger partial charge in [0.15, 0.2) is 0 Å². The first-order chi connectivity index (χ1) is 9.59. The van der Waals surface area contributed by atoms with Gasteiger partial charge in [-0.3, -0.25) is 9.59 Å². The predicted octanol–water partition coefficient (Wildman–Crippen LogP) is 0.880. The van der Waals surface area contributed by atoms with Crippen molar-refractivity contribution >= 4 is 23.6 Å². The van der Waals surface area contributed by atoms with Crippen LogP contribution < -0.4 is 11.1 Å². The first kappa shape index (κ1) is 16.5. The van der Waals surface area contributed by atoms with Crippen molar-refractivity contribution in [1.82, 2.24) is 5.32 Å². The Morgan fingerprint density at radius 2 is 2.00 bits per heavy atom. The van der Waals surface area contributed by atoms with Crippen molar-refractivity contribution in [3.8, 4) is 0 Å². The third-order valence-electron chi connectivity index (χ3n) is 2.65. The second-order valence-corrected chi connectivity index (χ2v) is 5.43. The van der Waals surface area contributed by atoms with Crippen LogP contribution in [0.2, 0.25) is 0 Å². The molecule has 0 saturated heterocycles. The van der Waals surface area contributed by atoms with Gasteiger partial charge in [-0.25, -0.2) is 0 Å². The van der Waals surface area contributed by atoms with Crippen LogP contribution in [0, 0.1) is 0 Å². The van der Waals surface area contributed by atoms with Gasteiger partial charge < -0.3 is 16.2 Å². The van der Waals surface area contributed by atoms with Gasteiger partial charge in [-0.2, -0.15) is 0 Å². The van der Waals surface area contributed by atoms with Crippen LogP contribution in [0.25, 0.3) is 0 Å². The van der Waals surface area contributed by atoms with Crippen molar-refractivity contribution in [1.29, 1.82) is 0 Å². The minimum atomic E-state index is -1.04. The molecule has 4 N–H and O–H groups in total. The smallest absolute Gasteiger partial charge is 0.321 e. The number of carbonyl (C=O) groups excluding carboxylic acids is 1. The second kappa shape index (κ2) is 9.39. The van der Waals surface area contributed by atoms with E-state index in [2.05, 4.69) is 17.4 Å². The number of rotatable bonds is 9. The Kier molecular flexibility index (Phi) is 7.75. The van der Waals surface area contributed by atoms with Gasteiger partial charge in [0.25, 0.3) is 0 Å². The van der Waals surface area contributed by atoms with Gasteiger partial charge in [0, 0.05) is 12.3 Å². The Morgan fingerprint density at radius 3 is 2.65 bits per heavy atom. The molecule has 1 amide bonds. The zero-order valence-corrected chi connectivity index (χ0v) is 12.1. The zero-order valence-electron chi connectivity index (χ0n) is 11.2. The number of benzene rings is 1. The molecule has 0 fully saturated rings. The van der Waals surface area contributed by atoms with Crippen molar-refractivity contribution in [2.45, 2.75) is 18.9 Å². The molecule has 20 heavy (non-hydrogen) atoms. The average molecular weight is 296 g/mol. The second-order valence-electron chi connectivity index (χ2n) is 4.40. The normalized spacial score (nSPS) is 11.8. The molecule has 0 bridgehead atoms. The predicted molar refractivity (Wildman–Crippen MR) is 80.7 cm³/mol. The molecule has 5 nitrogen and oxygen atoms in total. The fourth-order valence-electron chi connectivity index (χ4n) is 1.57. The van der Waals surface area contributed by atoms with Crippen LogP contribution in [0.4, 0.5) is 0 Å². The van der Waals surface area contributed by atoms with E-state index in [1.807, 2.05) is 18.2 Å². The molecule has 0 aliphatic rings. The molecule has 0 aromatic heterocycles. The molecule has 0 heterocycles. The lowest BCUT2D eigenvalue weighted by atomic mass is 10.1. The van der Waals surface area contributed by atoms with Crippen molar-refractivity contribution in [2.24, 2.45) is 5.73 Å². The highest BCUT2D eigenvalue weighted by Crippen LogP contribution is 2.03. The van der Waals surface area contributed by atoms with Crippen LogP contribution in [0.15, 0.2) is 30.3 Å². The van der Waals surface area contributed by atoms with Crippen LogP contribution in [0.3, 0.4) is 0 Å². The summed E-state index contributed by atoms with van der Waals surface area (Å²) in [6, 6.07) is 9.18. The Labute approximate surface area is 122 Å². The molecule has 110 valence electrons. The lowest BCUT2D eigenvalue weighted by Gasteiger charge is -2.07. The van der Waals surface area contributed by atoms with Crippen molar-refractivity contribution in [3.63, 3.8) is 0 Å². The van der Waals surface area contributed by atoms with Gasteiger partial charge in [-0.1, -0.05) is 30.3 Å². The van der Waals surface area contributed by atoms with Gasteiger partial charge in [0.1, 0.15) is 6.04 Å². The number of amides is 1. The largest absolute Gasteiger partial charge is 0.480 e. The Hall–Kier alpha value is -1.53. The van der Waals surface area contributed by atoms with Gasteiger partial charge in [0.2, 0.25) is 5.91 Å². The number of hydrogen-bond donors (Lipinski definition) is 3. The monoisotopic (exact) mass is 296 g/mol. The Bertz CT molecular complexity index is 426. The molecule has 6 heteroatoms. The van der Waals surface area contributed by atoms with E-state index in [0.29, 0.717) is 6.54 Å². The highest BCUT2D eigenvalue weighted by atomic mass is 32.2. The molecule has 1 aromatic carbocycles. The lowest BCUT2D eigenvalue weighted by molar-refractivity contribution is -0.138. The Morgan fingerprint density at radius 1 is 1.30 bits per heavy atom. The third kappa shape index (κ3) is 7.16. The van der Waals surface area contributed by atoms with E-state index in [0.717, 1.165) is 12.8 Å². The minimum Gasteiger partial charge on any atom is -0.480 e. The van der Waals surface area contributed by atoms with E-state index in [4.69, 9.17) is 10.8 Å². The summed E-state index contributed by atoms with van der Waals surface area (Å²) in [5.41, 5.74) is 6.59. The van der Waals surface area contributed by atoms with Gasteiger partial charge >= 0.3 is 5.97 Å². The van der Waals surface area contributed by atoms with E-state index in [-0.39, 0.29) is 17.4 Å². The minimum absolute atomic E-state index is 0.0827. The summed E-state index contributed by atoms with van der Waals surface area (Å²) in [5, 5.41) is 11.4. The molecule has 1 rings (SSSR count). The molecule has 1 atom stereocenters. The molecule has 0 saturated carbocycles. The van der Waals surface area contributed by atoms with Crippen molar-refractivity contribution in [3.05, 3.63) is 35.9 Å². The first-order valence-electron chi connectivity index (χ1n) is 6.46.